The molecule has 23 heavy (non-hydrogen) atoms. The Morgan fingerprint density at radius 3 is 2.22 bits per heavy atom. The van der Waals surface area contributed by atoms with Crippen LogP contribution in [0, 0.1) is 0 Å². The van der Waals surface area contributed by atoms with E-state index in [0.29, 0.717) is 0 Å². The molecule has 1 rings (SSSR count). The van der Waals surface area contributed by atoms with Crippen molar-refractivity contribution in [3.8, 4) is 0 Å². The summed E-state index contributed by atoms with van der Waals surface area (Å²) >= 11 is 0. The number of rotatable bonds is 7. The average Bonchev–Trinajstić information content (AvgIpc) is 2.38. The molecule has 6 atom stereocenters. The van der Waals surface area contributed by atoms with Gasteiger partial charge in [-0.2, -0.15) is 0 Å². The molecule has 0 aromatic rings. The van der Waals surface area contributed by atoms with E-state index in [-0.39, 0.29) is 78.9 Å². The van der Waals surface area contributed by atoms with Gasteiger partial charge in [0.05, 0.1) is 21.0 Å². The Morgan fingerprint density at radius 2 is 1.74 bits per heavy atom. The predicted octanol–water partition coefficient (Wildman–Crippen LogP) is -11.0. The van der Waals surface area contributed by atoms with Crippen molar-refractivity contribution in [3.05, 3.63) is 0 Å². The third-order valence-corrected chi connectivity index (χ3v) is 3.24. The van der Waals surface area contributed by atoms with Crippen LogP contribution in [0.5, 0.6) is 0 Å². The first kappa shape index (κ1) is 27.1. The van der Waals surface area contributed by atoms with Gasteiger partial charge in [-0.3, -0.25) is 0 Å². The van der Waals surface area contributed by atoms with Gasteiger partial charge < -0.3 is 54.5 Å². The standard InChI is InChI=1S/C9H20NO10P.2Na/c10-1-2-18-3-4(11)8-6(13)5(12)7(14)9(19-8)20-21(15,16)17;;/h4-9,11-14H,1-3,10H2,(H2,15,16,17);;/q;2*+1/p-2/t4-,5+,6+,7?,8?,9+;;/m1../s1. The molecule has 6 N–H and O–H groups in total. The maximum absolute atomic E-state index is 10.5. The number of hydrogen-bond acceptors (Lipinski definition) is 11. The fraction of sp³-hybridized carbons (Fsp3) is 1.00. The molecule has 0 bridgehead atoms. The van der Waals surface area contributed by atoms with Crippen LogP contribution in [0.3, 0.4) is 0 Å². The van der Waals surface area contributed by atoms with Crippen LogP contribution in [0.4, 0.5) is 0 Å². The molecular formula is C9H18NNa2O10P. The van der Waals surface area contributed by atoms with Crippen molar-refractivity contribution in [3.63, 3.8) is 0 Å². The molecule has 0 aromatic heterocycles. The van der Waals surface area contributed by atoms with Gasteiger partial charge in [0.15, 0.2) is 6.29 Å². The zero-order chi connectivity index (χ0) is 16.2. The van der Waals surface area contributed by atoms with Gasteiger partial charge in [-0.15, -0.1) is 0 Å². The first-order chi connectivity index (χ1) is 9.67. The number of aliphatic hydroxyl groups excluding tert-OH is 4. The summed E-state index contributed by atoms with van der Waals surface area (Å²) in [5.74, 6) is 0. The van der Waals surface area contributed by atoms with Crippen LogP contribution in [0.25, 0.3) is 0 Å². The second kappa shape index (κ2) is 12.3. The number of nitrogens with two attached hydrogens (primary N) is 1. The number of hydrogen-bond donors (Lipinski definition) is 5. The molecular weight excluding hydrogens is 359 g/mol. The fourth-order valence-corrected chi connectivity index (χ4v) is 2.22. The van der Waals surface area contributed by atoms with Crippen LogP contribution >= 0.6 is 7.82 Å². The minimum atomic E-state index is -5.51. The number of ether oxygens (including phenoxy) is 2. The molecule has 0 aromatic carbocycles. The molecule has 0 radical (unpaired) electrons. The van der Waals surface area contributed by atoms with Crippen LogP contribution in [0.1, 0.15) is 0 Å². The summed E-state index contributed by atoms with van der Waals surface area (Å²) in [5, 5.41) is 38.5. The molecule has 11 nitrogen and oxygen atoms in total. The van der Waals surface area contributed by atoms with Crippen molar-refractivity contribution < 1.29 is 108 Å². The molecule has 1 heterocycles. The third kappa shape index (κ3) is 8.85. The summed E-state index contributed by atoms with van der Waals surface area (Å²) in [6.07, 6.45) is -10.7. The zero-order valence-electron chi connectivity index (χ0n) is 12.8. The topological polar surface area (TPSA) is 198 Å². The Balaban J connectivity index is 0. The van der Waals surface area contributed by atoms with Crippen molar-refractivity contribution in [2.75, 3.05) is 19.8 Å². The van der Waals surface area contributed by atoms with E-state index in [2.05, 4.69) is 4.52 Å². The van der Waals surface area contributed by atoms with E-state index in [1.807, 2.05) is 0 Å². The van der Waals surface area contributed by atoms with E-state index in [4.69, 9.17) is 15.2 Å². The van der Waals surface area contributed by atoms with Gasteiger partial charge >= 0.3 is 59.1 Å². The summed E-state index contributed by atoms with van der Waals surface area (Å²) in [4.78, 5) is 21.1. The minimum Gasteiger partial charge on any atom is -0.790 e. The average molecular weight is 377 g/mol. The van der Waals surface area contributed by atoms with Crippen LogP contribution < -0.4 is 74.6 Å². The number of phosphoric ester groups is 1. The van der Waals surface area contributed by atoms with E-state index in [1.54, 1.807) is 0 Å². The van der Waals surface area contributed by atoms with Gasteiger partial charge in [-0.1, -0.05) is 0 Å². The smallest absolute Gasteiger partial charge is 0.790 e. The van der Waals surface area contributed by atoms with Crippen molar-refractivity contribution in [2.45, 2.75) is 36.8 Å². The molecule has 1 aliphatic heterocycles. The summed E-state index contributed by atoms with van der Waals surface area (Å²) < 4.78 is 24.2. The van der Waals surface area contributed by atoms with Gasteiger partial charge in [0, 0.05) is 6.54 Å². The number of aliphatic hydroxyl groups is 4. The van der Waals surface area contributed by atoms with Gasteiger partial charge in [0.25, 0.3) is 0 Å². The van der Waals surface area contributed by atoms with E-state index in [9.17, 15) is 34.8 Å². The summed E-state index contributed by atoms with van der Waals surface area (Å²) in [7, 11) is -5.51. The molecule has 1 fully saturated rings. The Morgan fingerprint density at radius 1 is 1.17 bits per heavy atom. The van der Waals surface area contributed by atoms with Gasteiger partial charge in [-0.25, -0.2) is 0 Å². The Kier molecular flexibility index (Phi) is 14.4. The molecule has 14 heteroatoms. The molecule has 0 amide bonds. The molecule has 1 saturated heterocycles. The second-order valence-electron chi connectivity index (χ2n) is 4.42. The van der Waals surface area contributed by atoms with Gasteiger partial charge in [0.1, 0.15) is 30.5 Å². The first-order valence-corrected chi connectivity index (χ1v) is 7.49. The SMILES string of the molecule is NCCOC[C@@H](O)C1O[C@@H](OP(=O)([O-])[O-])C(O)[C@@H](O)[C@@H]1O.[Na+].[Na+]. The molecule has 0 aliphatic carbocycles. The van der Waals surface area contributed by atoms with Crippen molar-refractivity contribution in [2.24, 2.45) is 5.73 Å². The Labute approximate surface area is 176 Å². The van der Waals surface area contributed by atoms with Crippen molar-refractivity contribution in [1.82, 2.24) is 0 Å². The molecule has 0 spiro atoms. The fourth-order valence-electron chi connectivity index (χ4n) is 1.79. The molecule has 0 saturated carbocycles. The van der Waals surface area contributed by atoms with Crippen LogP contribution in [0.15, 0.2) is 0 Å². The third-order valence-electron chi connectivity index (χ3n) is 2.77. The van der Waals surface area contributed by atoms with Crippen molar-refractivity contribution in [1.29, 1.82) is 0 Å². The predicted molar refractivity (Wildman–Crippen MR) is 61.3 cm³/mol. The molecule has 1 aliphatic rings. The minimum absolute atomic E-state index is 0. The van der Waals surface area contributed by atoms with E-state index >= 15 is 0 Å². The van der Waals surface area contributed by atoms with Gasteiger partial charge in [-0.05, 0) is 0 Å². The monoisotopic (exact) mass is 377 g/mol. The largest absolute Gasteiger partial charge is 1.00 e. The summed E-state index contributed by atoms with van der Waals surface area (Å²) in [5.41, 5.74) is 5.17. The first-order valence-electron chi connectivity index (χ1n) is 6.03. The summed E-state index contributed by atoms with van der Waals surface area (Å²) in [6, 6.07) is 0. The quantitative estimate of drug-likeness (QED) is 0.160. The zero-order valence-corrected chi connectivity index (χ0v) is 17.7. The van der Waals surface area contributed by atoms with E-state index in [0.717, 1.165) is 0 Å². The maximum Gasteiger partial charge on any atom is 1.00 e. The Bertz CT molecular complexity index is 374. The number of phosphoric acid groups is 1. The Hall–Kier alpha value is 1.83. The van der Waals surface area contributed by atoms with E-state index < -0.39 is 44.6 Å². The normalized spacial score (nSPS) is 32.6. The summed E-state index contributed by atoms with van der Waals surface area (Å²) in [6.45, 7) is -0.0361. The van der Waals surface area contributed by atoms with Crippen LogP contribution in [-0.4, -0.2) is 77.0 Å². The molecule has 2 unspecified atom stereocenters. The van der Waals surface area contributed by atoms with Crippen molar-refractivity contribution >= 4 is 7.82 Å². The van der Waals surface area contributed by atoms with Crippen LogP contribution in [0.2, 0.25) is 0 Å². The van der Waals surface area contributed by atoms with Crippen LogP contribution in [-0.2, 0) is 18.6 Å². The second-order valence-corrected chi connectivity index (χ2v) is 5.53. The maximum atomic E-state index is 10.5. The van der Waals surface area contributed by atoms with E-state index in [1.165, 1.54) is 0 Å². The van der Waals surface area contributed by atoms with Gasteiger partial charge in [0.2, 0.25) is 0 Å². The molecule has 126 valence electrons.